The number of hydrogen-bond donors (Lipinski definition) is 1. The molecule has 0 spiro atoms. The van der Waals surface area contributed by atoms with Crippen LogP contribution in [0, 0.1) is 0 Å². The molecule has 0 saturated carbocycles. The van der Waals surface area contributed by atoms with E-state index in [1.165, 1.54) is 36.1 Å². The van der Waals surface area contributed by atoms with Gasteiger partial charge in [0.25, 0.3) is 0 Å². The van der Waals surface area contributed by atoms with Crippen molar-refractivity contribution in [3.8, 4) is 10.6 Å². The lowest BCUT2D eigenvalue weighted by Crippen LogP contribution is -2.49. The first-order valence-electron chi connectivity index (χ1n) is 10.3. The topological polar surface area (TPSA) is 83.4 Å². The number of piperazine rings is 1. The molecule has 1 aromatic carbocycles. The van der Waals surface area contributed by atoms with Crippen LogP contribution in [-0.4, -0.2) is 73.1 Å². The number of nitrogens with zero attached hydrogens (tertiary/aromatic N) is 5. The summed E-state index contributed by atoms with van der Waals surface area (Å²) in [5, 5.41) is 6.26. The van der Waals surface area contributed by atoms with Crippen molar-refractivity contribution in [2.45, 2.75) is 12.7 Å². The van der Waals surface area contributed by atoms with E-state index in [4.69, 9.17) is 0 Å². The Hall–Kier alpha value is -2.90. The summed E-state index contributed by atoms with van der Waals surface area (Å²) in [5.74, 6) is 3.50. The number of nitrogens with one attached hydrogen (secondary N) is 1. The van der Waals surface area contributed by atoms with Crippen molar-refractivity contribution >= 4 is 38.6 Å². The highest BCUT2D eigenvalue weighted by molar-refractivity contribution is 8.00. The number of anilines is 1. The molecule has 1 aliphatic heterocycles. The van der Waals surface area contributed by atoms with Gasteiger partial charge in [0.1, 0.15) is 5.01 Å². The molecule has 0 aliphatic carbocycles. The highest BCUT2D eigenvalue weighted by atomic mass is 32.2. The molecule has 1 amide bonds. The molecule has 0 bridgehead atoms. The minimum atomic E-state index is -4.48. The van der Waals surface area contributed by atoms with Crippen LogP contribution in [0.3, 0.4) is 0 Å². The van der Waals surface area contributed by atoms with Gasteiger partial charge in [0.2, 0.25) is 0 Å². The van der Waals surface area contributed by atoms with Crippen molar-refractivity contribution in [1.29, 1.82) is 0 Å². The second-order valence-electron chi connectivity index (χ2n) is 8.03. The number of rotatable bonds is 5. The first-order chi connectivity index (χ1) is 16.0. The molecule has 2 aromatic heterocycles. The summed E-state index contributed by atoms with van der Waals surface area (Å²) in [6.07, 6.45) is 1.33. The predicted molar refractivity (Wildman–Crippen MR) is 127 cm³/mol. The predicted octanol–water partition coefficient (Wildman–Crippen LogP) is 3.48. The van der Waals surface area contributed by atoms with Gasteiger partial charge in [0.05, 0.1) is 23.6 Å². The monoisotopic (exact) mass is 512 g/mol. The summed E-state index contributed by atoms with van der Waals surface area (Å²) in [4.78, 5) is 20.3. The Labute approximate surface area is 199 Å². The maximum atomic E-state index is 13.8. The molecule has 3 heterocycles. The maximum Gasteiger partial charge on any atom is 0.416 e. The number of carbonyl (C=O) groups excluding carboxylic acids is 1. The molecule has 1 aliphatic rings. The first-order valence-corrected chi connectivity index (χ1v) is 13.3. The molecule has 1 saturated heterocycles. The van der Waals surface area contributed by atoms with E-state index < -0.39 is 21.4 Å². The molecular formula is C21H23F3N6O2S2. The third-order valence-corrected chi connectivity index (χ3v) is 6.73. The minimum absolute atomic E-state index is 0.124. The van der Waals surface area contributed by atoms with Gasteiger partial charge < -0.3 is 9.62 Å². The van der Waals surface area contributed by atoms with Crippen LogP contribution in [0.4, 0.5) is 23.7 Å². The van der Waals surface area contributed by atoms with Crippen LogP contribution in [0.15, 0.2) is 42.2 Å². The Morgan fingerprint density at radius 1 is 1.26 bits per heavy atom. The Kier molecular flexibility index (Phi) is 6.69. The fourth-order valence-electron chi connectivity index (χ4n) is 3.69. The van der Waals surface area contributed by atoms with Gasteiger partial charge in [-0.05, 0) is 17.5 Å². The quantitative estimate of drug-likeness (QED) is 0.530. The Bertz CT molecular complexity index is 1260. The third-order valence-electron chi connectivity index (χ3n) is 5.24. The summed E-state index contributed by atoms with van der Waals surface area (Å²) in [6.45, 7) is 1.66. The molecule has 1 fully saturated rings. The van der Waals surface area contributed by atoms with Gasteiger partial charge in [-0.3, -0.25) is 4.90 Å². The summed E-state index contributed by atoms with van der Waals surface area (Å²) < 4.78 is 56.9. The number of hydrogen-bond acceptors (Lipinski definition) is 6. The summed E-state index contributed by atoms with van der Waals surface area (Å²) in [6, 6.07) is 3.96. The van der Waals surface area contributed by atoms with Crippen LogP contribution < -0.4 is 4.72 Å². The second kappa shape index (κ2) is 9.39. The number of amides is 1. The van der Waals surface area contributed by atoms with Gasteiger partial charge in [-0.2, -0.15) is 23.0 Å². The van der Waals surface area contributed by atoms with Crippen LogP contribution in [0.25, 0.3) is 10.6 Å². The van der Waals surface area contributed by atoms with Gasteiger partial charge in [-0.15, -0.1) is 11.3 Å². The SMILES string of the molecule is C=S(C)(=O)Nc1cnn(C(=O)N2CCN(Cc3ccc(-c4nccs4)cc3C(F)(F)F)CC2)c1. The lowest BCUT2D eigenvalue weighted by molar-refractivity contribution is -0.138. The molecule has 1 atom stereocenters. The smallest absolute Gasteiger partial charge is 0.320 e. The zero-order valence-corrected chi connectivity index (χ0v) is 19.9. The van der Waals surface area contributed by atoms with Crippen LogP contribution in [0.2, 0.25) is 0 Å². The van der Waals surface area contributed by atoms with Crippen LogP contribution in [-0.2, 0) is 22.4 Å². The van der Waals surface area contributed by atoms with E-state index in [1.54, 1.807) is 22.5 Å². The van der Waals surface area contributed by atoms with Crippen molar-refractivity contribution in [2.24, 2.45) is 0 Å². The van der Waals surface area contributed by atoms with Gasteiger partial charge >= 0.3 is 12.2 Å². The summed E-state index contributed by atoms with van der Waals surface area (Å²) >= 11 is 1.29. The number of halogens is 3. The molecule has 8 nitrogen and oxygen atoms in total. The van der Waals surface area contributed by atoms with Gasteiger partial charge in [0, 0.05) is 65.8 Å². The van der Waals surface area contributed by atoms with E-state index in [-0.39, 0.29) is 18.1 Å². The van der Waals surface area contributed by atoms with E-state index in [1.807, 2.05) is 4.90 Å². The number of thiazole rings is 1. The minimum Gasteiger partial charge on any atom is -0.320 e. The molecule has 3 aromatic rings. The van der Waals surface area contributed by atoms with Gasteiger partial charge in [-0.25, -0.2) is 14.0 Å². The van der Waals surface area contributed by atoms with Gasteiger partial charge in [-0.1, -0.05) is 12.1 Å². The summed E-state index contributed by atoms with van der Waals surface area (Å²) in [7, 11) is -2.50. The van der Waals surface area contributed by atoms with E-state index in [0.717, 1.165) is 10.7 Å². The largest absolute Gasteiger partial charge is 0.416 e. The zero-order valence-electron chi connectivity index (χ0n) is 18.3. The van der Waals surface area contributed by atoms with Crippen molar-refractivity contribution in [3.63, 3.8) is 0 Å². The fraction of sp³-hybridized carbons (Fsp3) is 0.333. The first kappa shape index (κ1) is 24.2. The van der Waals surface area contributed by atoms with Crippen molar-refractivity contribution < 1.29 is 22.2 Å². The molecule has 4 rings (SSSR count). The van der Waals surface area contributed by atoms with E-state index in [0.29, 0.717) is 42.4 Å². The highest BCUT2D eigenvalue weighted by Crippen LogP contribution is 2.36. The van der Waals surface area contributed by atoms with Crippen molar-refractivity contribution in [2.75, 3.05) is 37.2 Å². The standard InChI is InChI=1S/C21H23F3N6O2S2/c1-34(2,32)27-17-12-26-30(14-17)20(31)29-8-6-28(7-9-29)13-16-4-3-15(19-25-5-10-33-19)11-18(16)21(22,23)24/h3-5,10-12,14H,1,6-9,13H2,2H3,(H,27,32). The molecular weight excluding hydrogens is 489 g/mol. The number of carbonyl (C=O) groups is 1. The Balaban J connectivity index is 1.41. The Morgan fingerprint density at radius 2 is 2.00 bits per heavy atom. The van der Waals surface area contributed by atoms with Crippen LogP contribution in [0.1, 0.15) is 11.1 Å². The highest BCUT2D eigenvalue weighted by Gasteiger charge is 2.34. The molecule has 1 unspecified atom stereocenters. The van der Waals surface area contributed by atoms with Crippen LogP contribution in [0.5, 0.6) is 0 Å². The van der Waals surface area contributed by atoms with E-state index in [2.05, 4.69) is 20.7 Å². The molecule has 34 heavy (non-hydrogen) atoms. The number of benzene rings is 1. The molecule has 1 N–H and O–H groups in total. The molecule has 13 heteroatoms. The second-order valence-corrected chi connectivity index (χ2v) is 11.1. The normalized spacial score (nSPS) is 16.9. The maximum absolute atomic E-state index is 13.8. The van der Waals surface area contributed by atoms with Crippen molar-refractivity contribution in [3.05, 3.63) is 53.3 Å². The van der Waals surface area contributed by atoms with Crippen molar-refractivity contribution in [1.82, 2.24) is 24.6 Å². The average Bonchev–Trinajstić information content (AvgIpc) is 3.45. The zero-order chi connectivity index (χ0) is 24.5. The number of aromatic nitrogens is 3. The lowest BCUT2D eigenvalue weighted by atomic mass is 10.0. The third kappa shape index (κ3) is 5.77. The Morgan fingerprint density at radius 3 is 2.62 bits per heavy atom. The fourth-order valence-corrected chi connectivity index (χ4v) is 4.93. The van der Waals surface area contributed by atoms with Crippen LogP contribution >= 0.6 is 11.3 Å². The molecule has 0 radical (unpaired) electrons. The lowest BCUT2D eigenvalue weighted by Gasteiger charge is -2.34. The average molecular weight is 513 g/mol. The summed E-state index contributed by atoms with van der Waals surface area (Å²) in [5.41, 5.74) is 0.364. The number of alkyl halides is 3. The van der Waals surface area contributed by atoms with E-state index in [9.17, 15) is 22.2 Å². The van der Waals surface area contributed by atoms with E-state index >= 15 is 0 Å². The van der Waals surface area contributed by atoms with Gasteiger partial charge in [0.15, 0.2) is 0 Å². The molecule has 182 valence electrons.